The number of benzene rings is 1. The molecule has 1 aromatic carbocycles. The van der Waals surface area contributed by atoms with Crippen LogP contribution in [0.25, 0.3) is 10.1 Å². The van der Waals surface area contributed by atoms with E-state index < -0.39 is 17.6 Å². The van der Waals surface area contributed by atoms with Crippen LogP contribution in [0.4, 0.5) is 4.39 Å². The smallest absolute Gasteiger partial charge is 0.268 e. The Morgan fingerprint density at radius 2 is 1.96 bits per heavy atom. The monoisotopic (exact) mass is 408 g/mol. The number of carbonyl (C=O) groups is 2. The van der Waals surface area contributed by atoms with Gasteiger partial charge in [-0.15, -0.1) is 11.3 Å². The standard InChI is InChI=1S/C17H14ClFN4O3S/c1-2-7-23-13(24)6-5-11(22-23)16(25)20-21-17(26)15-14(18)10-4-3-9(19)8-12(10)27-15/h3-6,8H,2,7H2,1H3,(H,20,25)(H,21,26). The molecule has 27 heavy (non-hydrogen) atoms. The molecule has 0 spiro atoms. The maximum atomic E-state index is 13.3. The zero-order valence-corrected chi connectivity index (χ0v) is 15.7. The number of halogens is 2. The van der Waals surface area contributed by atoms with Crippen LogP contribution in [0.15, 0.2) is 35.1 Å². The highest BCUT2D eigenvalue weighted by molar-refractivity contribution is 7.21. The van der Waals surface area contributed by atoms with E-state index in [1.54, 1.807) is 0 Å². The number of fused-ring (bicyclic) bond motifs is 1. The average molecular weight is 409 g/mol. The molecule has 0 radical (unpaired) electrons. The van der Waals surface area contributed by atoms with E-state index in [0.29, 0.717) is 23.1 Å². The molecular weight excluding hydrogens is 395 g/mol. The minimum Gasteiger partial charge on any atom is -0.268 e. The van der Waals surface area contributed by atoms with Crippen molar-refractivity contribution >= 4 is 44.8 Å². The van der Waals surface area contributed by atoms with Crippen molar-refractivity contribution < 1.29 is 14.0 Å². The highest BCUT2D eigenvalue weighted by Crippen LogP contribution is 2.35. The minimum absolute atomic E-state index is 0.0205. The van der Waals surface area contributed by atoms with Gasteiger partial charge < -0.3 is 0 Å². The molecule has 0 fully saturated rings. The van der Waals surface area contributed by atoms with Gasteiger partial charge in [0.1, 0.15) is 10.7 Å². The second kappa shape index (κ2) is 7.85. The van der Waals surface area contributed by atoms with Crippen LogP contribution in [0.1, 0.15) is 33.5 Å². The van der Waals surface area contributed by atoms with Gasteiger partial charge in [-0.05, 0) is 30.7 Å². The Balaban J connectivity index is 1.74. The van der Waals surface area contributed by atoms with Crippen LogP contribution in [0.2, 0.25) is 5.02 Å². The number of carbonyl (C=O) groups excluding carboxylic acids is 2. The van der Waals surface area contributed by atoms with Crippen molar-refractivity contribution in [1.82, 2.24) is 20.6 Å². The number of thiophene rings is 1. The fraction of sp³-hybridized carbons (Fsp3) is 0.176. The van der Waals surface area contributed by atoms with Crippen LogP contribution in [-0.2, 0) is 6.54 Å². The van der Waals surface area contributed by atoms with Crippen LogP contribution >= 0.6 is 22.9 Å². The van der Waals surface area contributed by atoms with Gasteiger partial charge in [-0.1, -0.05) is 18.5 Å². The normalized spacial score (nSPS) is 10.8. The summed E-state index contributed by atoms with van der Waals surface area (Å²) in [5, 5.41) is 4.68. The summed E-state index contributed by atoms with van der Waals surface area (Å²) in [5.41, 5.74) is 4.13. The van der Waals surface area contributed by atoms with Crippen LogP contribution < -0.4 is 16.4 Å². The van der Waals surface area contributed by atoms with Gasteiger partial charge >= 0.3 is 0 Å². The van der Waals surface area contributed by atoms with E-state index in [9.17, 15) is 18.8 Å². The van der Waals surface area contributed by atoms with Gasteiger partial charge in [-0.2, -0.15) is 5.10 Å². The highest BCUT2D eigenvalue weighted by atomic mass is 35.5. The number of rotatable bonds is 4. The van der Waals surface area contributed by atoms with Crippen molar-refractivity contribution in [3.63, 3.8) is 0 Å². The van der Waals surface area contributed by atoms with Gasteiger partial charge in [-0.3, -0.25) is 25.2 Å². The molecule has 0 aliphatic rings. The summed E-state index contributed by atoms with van der Waals surface area (Å²) in [4.78, 5) is 36.3. The van der Waals surface area contributed by atoms with Gasteiger partial charge in [0.05, 0.1) is 5.02 Å². The van der Waals surface area contributed by atoms with Gasteiger partial charge in [0.15, 0.2) is 5.69 Å². The molecule has 140 valence electrons. The van der Waals surface area contributed by atoms with Gasteiger partial charge in [0, 0.05) is 22.7 Å². The van der Waals surface area contributed by atoms with Crippen molar-refractivity contribution in [1.29, 1.82) is 0 Å². The topological polar surface area (TPSA) is 93.1 Å². The molecule has 0 atom stereocenters. The molecule has 3 rings (SSSR count). The Kier molecular flexibility index (Phi) is 5.52. The first-order valence-corrected chi connectivity index (χ1v) is 9.16. The average Bonchev–Trinajstić information content (AvgIpc) is 2.97. The van der Waals surface area contributed by atoms with Crippen molar-refractivity contribution in [2.45, 2.75) is 19.9 Å². The third-order valence-electron chi connectivity index (χ3n) is 3.62. The molecule has 0 bridgehead atoms. The summed E-state index contributed by atoms with van der Waals surface area (Å²) in [6, 6.07) is 6.52. The van der Waals surface area contributed by atoms with Crippen molar-refractivity contribution in [2.24, 2.45) is 0 Å². The molecule has 3 aromatic rings. The third-order valence-corrected chi connectivity index (χ3v) is 5.28. The molecule has 10 heteroatoms. The highest BCUT2D eigenvalue weighted by Gasteiger charge is 2.18. The molecule has 0 aliphatic carbocycles. The van der Waals surface area contributed by atoms with Gasteiger partial charge in [-0.25, -0.2) is 9.07 Å². The first kappa shape index (κ1) is 19.0. The van der Waals surface area contributed by atoms with E-state index in [-0.39, 0.29) is 21.2 Å². The first-order chi connectivity index (χ1) is 12.9. The van der Waals surface area contributed by atoms with Crippen molar-refractivity contribution in [3.05, 3.63) is 62.1 Å². The summed E-state index contributed by atoms with van der Waals surface area (Å²) in [6.45, 7) is 2.25. The zero-order valence-electron chi connectivity index (χ0n) is 14.1. The summed E-state index contributed by atoms with van der Waals surface area (Å²) in [6.07, 6.45) is 0.680. The van der Waals surface area contributed by atoms with Gasteiger partial charge in [0.25, 0.3) is 17.4 Å². The van der Waals surface area contributed by atoms with Crippen molar-refractivity contribution in [3.8, 4) is 0 Å². The molecule has 2 aromatic heterocycles. The molecule has 2 N–H and O–H groups in total. The molecule has 0 saturated heterocycles. The Bertz CT molecular complexity index is 1100. The third kappa shape index (κ3) is 3.99. The molecular formula is C17H14ClFN4O3S. The molecule has 0 aliphatic heterocycles. The van der Waals surface area contributed by atoms with Gasteiger partial charge in [0.2, 0.25) is 0 Å². The molecule has 0 unspecified atom stereocenters. The van der Waals surface area contributed by atoms with E-state index in [1.165, 1.54) is 35.0 Å². The first-order valence-electron chi connectivity index (χ1n) is 7.97. The number of hydrogen-bond acceptors (Lipinski definition) is 5. The predicted molar refractivity (Wildman–Crippen MR) is 101 cm³/mol. The molecule has 0 saturated carbocycles. The summed E-state index contributed by atoms with van der Waals surface area (Å²) < 4.78 is 15.0. The number of nitrogens with one attached hydrogen (secondary N) is 2. The van der Waals surface area contributed by atoms with E-state index >= 15 is 0 Å². The summed E-state index contributed by atoms with van der Waals surface area (Å²) >= 11 is 7.18. The summed E-state index contributed by atoms with van der Waals surface area (Å²) in [7, 11) is 0. The lowest BCUT2D eigenvalue weighted by atomic mass is 10.2. The quantitative estimate of drug-likeness (QED) is 0.649. The number of hydrogen-bond donors (Lipinski definition) is 2. The largest absolute Gasteiger partial charge is 0.290 e. The van der Waals surface area contributed by atoms with Crippen LogP contribution in [0.3, 0.4) is 0 Å². The Hall–Kier alpha value is -2.78. The van der Waals surface area contributed by atoms with Crippen LogP contribution in [-0.4, -0.2) is 21.6 Å². The fourth-order valence-corrected chi connectivity index (χ4v) is 3.80. The maximum Gasteiger partial charge on any atom is 0.290 e. The number of aryl methyl sites for hydroxylation is 1. The van der Waals surface area contributed by atoms with E-state index in [2.05, 4.69) is 16.0 Å². The number of amides is 2. The molecule has 2 heterocycles. The number of nitrogens with zero attached hydrogens (tertiary/aromatic N) is 2. The fourth-order valence-electron chi connectivity index (χ4n) is 2.36. The Morgan fingerprint density at radius 1 is 1.22 bits per heavy atom. The maximum absolute atomic E-state index is 13.3. The second-order valence-corrected chi connectivity index (χ2v) is 7.00. The second-order valence-electron chi connectivity index (χ2n) is 5.57. The summed E-state index contributed by atoms with van der Waals surface area (Å²) in [5.74, 6) is -1.76. The molecule has 7 nitrogen and oxygen atoms in total. The lowest BCUT2D eigenvalue weighted by Gasteiger charge is -2.08. The van der Waals surface area contributed by atoms with E-state index in [1.807, 2.05) is 6.92 Å². The molecule has 2 amide bonds. The van der Waals surface area contributed by atoms with Crippen LogP contribution in [0.5, 0.6) is 0 Å². The zero-order chi connectivity index (χ0) is 19.6. The number of aromatic nitrogens is 2. The van der Waals surface area contributed by atoms with Crippen molar-refractivity contribution in [2.75, 3.05) is 0 Å². The predicted octanol–water partition coefficient (Wildman–Crippen LogP) is 2.74. The number of hydrazine groups is 1. The van der Waals surface area contributed by atoms with E-state index in [4.69, 9.17) is 11.6 Å². The SMILES string of the molecule is CCCn1nc(C(=O)NNC(=O)c2sc3cc(F)ccc3c2Cl)ccc1=O. The van der Waals surface area contributed by atoms with E-state index in [0.717, 1.165) is 11.3 Å². The minimum atomic E-state index is -0.684. The lowest BCUT2D eigenvalue weighted by molar-refractivity contribution is 0.0844. The Labute approximate surface area is 161 Å². The lowest BCUT2D eigenvalue weighted by Crippen LogP contribution is -2.42. The Morgan fingerprint density at radius 3 is 2.70 bits per heavy atom. The van der Waals surface area contributed by atoms with Crippen LogP contribution in [0, 0.1) is 5.82 Å².